The lowest BCUT2D eigenvalue weighted by molar-refractivity contribution is -0.142. The normalized spacial score (nSPS) is 14.4. The number of nitrogens with one attached hydrogen (secondary N) is 4. The minimum atomic E-state index is -1.15. The van der Waals surface area contributed by atoms with Crippen LogP contribution < -0.4 is 21.7 Å². The number of amides is 3. The first-order chi connectivity index (χ1) is 16.6. The zero-order valence-electron chi connectivity index (χ0n) is 20.2. The Balaban J connectivity index is 2.07. The zero-order valence-corrected chi connectivity index (χ0v) is 20.2. The molecule has 0 aliphatic rings. The van der Waals surface area contributed by atoms with Crippen LogP contribution >= 0.6 is 0 Å². The fraction of sp³-hybridized carbons (Fsp3) is 0.458. The Bertz CT molecular complexity index is 980. The first-order valence-corrected chi connectivity index (χ1v) is 11.5. The van der Waals surface area contributed by atoms with Crippen molar-refractivity contribution in [1.29, 1.82) is 0 Å². The number of H-pyrrole nitrogens is 1. The van der Waals surface area contributed by atoms with Crippen molar-refractivity contribution in [3.63, 3.8) is 0 Å². The number of carboxylic acid groups (broad SMARTS) is 1. The average Bonchev–Trinajstić information content (AvgIpc) is 3.31. The number of benzene rings is 1. The minimum Gasteiger partial charge on any atom is -0.480 e. The first kappa shape index (κ1) is 27.5. The lowest BCUT2D eigenvalue weighted by Gasteiger charge is -2.24. The quantitative estimate of drug-likeness (QED) is 0.233. The second-order valence-corrected chi connectivity index (χ2v) is 8.90. The average molecular weight is 487 g/mol. The second kappa shape index (κ2) is 13.2. The number of nitrogens with zero attached hydrogens (tertiary/aromatic N) is 1. The standard InChI is InChI=1S/C24H34N6O5/c1-14(2)9-20(24(34)35)30-21(31)15(3)28-23(33)19(10-16-7-5-4-6-8-16)29-22(32)18(25)11-17-12-26-13-27-17/h4-8,12-15,18-20H,9-11,25H2,1-3H3,(H,26,27)(H,28,33)(H,29,32)(H,30,31)(H,34,35). The number of hydrogen-bond acceptors (Lipinski definition) is 6. The van der Waals surface area contributed by atoms with Gasteiger partial charge in [0.1, 0.15) is 18.1 Å². The molecule has 0 aliphatic heterocycles. The number of aliphatic carboxylic acids is 1. The Hall–Kier alpha value is -3.73. The maximum absolute atomic E-state index is 13.1. The molecule has 2 rings (SSSR count). The molecule has 35 heavy (non-hydrogen) atoms. The van der Waals surface area contributed by atoms with Crippen LogP contribution in [0.1, 0.15) is 38.4 Å². The second-order valence-electron chi connectivity index (χ2n) is 8.90. The van der Waals surface area contributed by atoms with Gasteiger partial charge in [0.25, 0.3) is 0 Å². The summed E-state index contributed by atoms with van der Waals surface area (Å²) in [5.74, 6) is -2.85. The molecule has 4 atom stereocenters. The Morgan fingerprint density at radius 2 is 1.60 bits per heavy atom. The van der Waals surface area contributed by atoms with Crippen molar-refractivity contribution in [2.24, 2.45) is 11.7 Å². The Morgan fingerprint density at radius 1 is 0.943 bits per heavy atom. The molecule has 0 saturated carbocycles. The lowest BCUT2D eigenvalue weighted by atomic mass is 10.0. The van der Waals surface area contributed by atoms with Crippen molar-refractivity contribution < 1.29 is 24.3 Å². The van der Waals surface area contributed by atoms with Gasteiger partial charge in [0, 0.05) is 24.7 Å². The van der Waals surface area contributed by atoms with Crippen LogP contribution in [0.5, 0.6) is 0 Å². The van der Waals surface area contributed by atoms with E-state index in [9.17, 15) is 24.3 Å². The molecule has 0 fully saturated rings. The van der Waals surface area contributed by atoms with Gasteiger partial charge in [-0.2, -0.15) is 0 Å². The van der Waals surface area contributed by atoms with E-state index in [4.69, 9.17) is 5.73 Å². The third kappa shape index (κ3) is 9.20. The summed E-state index contributed by atoms with van der Waals surface area (Å²) in [5.41, 5.74) is 7.49. The Kier molecular flexibility index (Phi) is 10.4. The van der Waals surface area contributed by atoms with Gasteiger partial charge in [0.15, 0.2) is 0 Å². The minimum absolute atomic E-state index is 0.0535. The summed E-state index contributed by atoms with van der Waals surface area (Å²) in [4.78, 5) is 56.6. The molecule has 11 nitrogen and oxygen atoms in total. The van der Waals surface area contributed by atoms with E-state index in [1.807, 2.05) is 44.2 Å². The molecule has 3 amide bonds. The number of carbonyl (C=O) groups is 4. The molecule has 0 saturated heterocycles. The van der Waals surface area contributed by atoms with Gasteiger partial charge in [-0.05, 0) is 24.8 Å². The first-order valence-electron chi connectivity index (χ1n) is 11.5. The molecule has 2 aromatic rings. The molecule has 190 valence electrons. The number of hydrogen-bond donors (Lipinski definition) is 6. The van der Waals surface area contributed by atoms with Crippen LogP contribution in [-0.4, -0.2) is 62.9 Å². The third-order valence-electron chi connectivity index (χ3n) is 5.32. The van der Waals surface area contributed by atoms with Crippen LogP contribution in [0.25, 0.3) is 0 Å². The Labute approximate surface area is 204 Å². The zero-order chi connectivity index (χ0) is 26.0. The predicted octanol–water partition coefficient (Wildman–Crippen LogP) is 0.127. The largest absolute Gasteiger partial charge is 0.480 e. The van der Waals surface area contributed by atoms with E-state index in [-0.39, 0.29) is 25.2 Å². The van der Waals surface area contributed by atoms with E-state index in [1.165, 1.54) is 13.3 Å². The van der Waals surface area contributed by atoms with Crippen LogP contribution in [0.2, 0.25) is 0 Å². The molecule has 0 radical (unpaired) electrons. The van der Waals surface area contributed by atoms with Gasteiger partial charge in [-0.1, -0.05) is 44.2 Å². The predicted molar refractivity (Wildman–Crippen MR) is 129 cm³/mol. The van der Waals surface area contributed by atoms with Gasteiger partial charge in [-0.25, -0.2) is 9.78 Å². The molecule has 11 heteroatoms. The van der Waals surface area contributed by atoms with Gasteiger partial charge in [-0.3, -0.25) is 14.4 Å². The highest BCUT2D eigenvalue weighted by Crippen LogP contribution is 2.07. The maximum atomic E-state index is 13.1. The van der Waals surface area contributed by atoms with Gasteiger partial charge in [0.05, 0.1) is 12.4 Å². The number of imidazole rings is 1. The molecule has 0 aliphatic carbocycles. The van der Waals surface area contributed by atoms with Crippen LogP contribution in [0, 0.1) is 5.92 Å². The van der Waals surface area contributed by atoms with Crippen LogP contribution in [-0.2, 0) is 32.0 Å². The van der Waals surface area contributed by atoms with E-state index in [2.05, 4.69) is 25.9 Å². The molecule has 1 aromatic heterocycles. The molecular formula is C24H34N6O5. The highest BCUT2D eigenvalue weighted by Gasteiger charge is 2.29. The van der Waals surface area contributed by atoms with E-state index < -0.39 is 47.9 Å². The molecule has 0 spiro atoms. The van der Waals surface area contributed by atoms with Crippen molar-refractivity contribution in [2.45, 2.75) is 64.2 Å². The summed E-state index contributed by atoms with van der Waals surface area (Å²) < 4.78 is 0. The van der Waals surface area contributed by atoms with Gasteiger partial charge in [-0.15, -0.1) is 0 Å². The van der Waals surface area contributed by atoms with Gasteiger partial charge >= 0.3 is 5.97 Å². The van der Waals surface area contributed by atoms with Crippen LogP contribution in [0.4, 0.5) is 0 Å². The highest BCUT2D eigenvalue weighted by molar-refractivity contribution is 5.94. The van der Waals surface area contributed by atoms with Crippen molar-refractivity contribution >= 4 is 23.7 Å². The van der Waals surface area contributed by atoms with Crippen molar-refractivity contribution in [3.8, 4) is 0 Å². The fourth-order valence-electron chi connectivity index (χ4n) is 3.43. The van der Waals surface area contributed by atoms with Gasteiger partial charge in [0.2, 0.25) is 17.7 Å². The topological polar surface area (TPSA) is 179 Å². The summed E-state index contributed by atoms with van der Waals surface area (Å²) in [6.07, 6.45) is 3.67. The monoisotopic (exact) mass is 486 g/mol. The lowest BCUT2D eigenvalue weighted by Crippen LogP contribution is -2.57. The SMILES string of the molecule is CC(C)CC(NC(=O)C(C)NC(=O)C(Cc1ccccc1)NC(=O)C(N)Cc1cnc[nH]1)C(=O)O. The number of aromatic nitrogens is 2. The number of aromatic amines is 1. The third-order valence-corrected chi connectivity index (χ3v) is 5.32. The van der Waals surface area contributed by atoms with E-state index in [1.54, 1.807) is 6.20 Å². The van der Waals surface area contributed by atoms with Crippen LogP contribution in [0.3, 0.4) is 0 Å². The van der Waals surface area contributed by atoms with Crippen molar-refractivity contribution in [3.05, 3.63) is 54.1 Å². The number of nitrogens with two attached hydrogens (primary N) is 1. The van der Waals surface area contributed by atoms with Crippen molar-refractivity contribution in [1.82, 2.24) is 25.9 Å². The molecule has 1 aromatic carbocycles. The van der Waals surface area contributed by atoms with E-state index >= 15 is 0 Å². The summed E-state index contributed by atoms with van der Waals surface area (Å²) >= 11 is 0. The molecular weight excluding hydrogens is 452 g/mol. The molecule has 1 heterocycles. The summed E-state index contributed by atoms with van der Waals surface area (Å²) in [6.45, 7) is 5.15. The Morgan fingerprint density at radius 3 is 2.17 bits per heavy atom. The highest BCUT2D eigenvalue weighted by atomic mass is 16.4. The van der Waals surface area contributed by atoms with Gasteiger partial charge < -0.3 is 31.8 Å². The smallest absolute Gasteiger partial charge is 0.326 e. The van der Waals surface area contributed by atoms with Crippen LogP contribution in [0.15, 0.2) is 42.9 Å². The summed E-state index contributed by atoms with van der Waals surface area (Å²) in [6, 6.07) is 5.08. The molecule has 4 unspecified atom stereocenters. The summed E-state index contributed by atoms with van der Waals surface area (Å²) in [7, 11) is 0. The van der Waals surface area contributed by atoms with Crippen molar-refractivity contribution in [2.75, 3.05) is 0 Å². The number of rotatable bonds is 13. The van der Waals surface area contributed by atoms with E-state index in [0.29, 0.717) is 5.69 Å². The molecule has 7 N–H and O–H groups in total. The molecule has 0 bridgehead atoms. The fourth-order valence-corrected chi connectivity index (χ4v) is 3.43. The van der Waals surface area contributed by atoms with E-state index in [0.717, 1.165) is 5.56 Å². The number of carboxylic acids is 1. The maximum Gasteiger partial charge on any atom is 0.326 e. The number of carbonyl (C=O) groups excluding carboxylic acids is 3. The summed E-state index contributed by atoms with van der Waals surface area (Å²) in [5, 5.41) is 17.1.